The van der Waals surface area contributed by atoms with Crippen LogP contribution in [0.5, 0.6) is 0 Å². The second kappa shape index (κ2) is 8.92. The summed E-state index contributed by atoms with van der Waals surface area (Å²) in [5.41, 5.74) is 17.8. The Kier molecular flexibility index (Phi) is 5.17. The molecular weight excluding hydrogens is 567 g/mol. The summed E-state index contributed by atoms with van der Waals surface area (Å²) < 4.78 is 0. The minimum atomic E-state index is -0.295. The van der Waals surface area contributed by atoms with Crippen molar-refractivity contribution < 1.29 is 0 Å². The van der Waals surface area contributed by atoms with Gasteiger partial charge in [-0.2, -0.15) is 0 Å². The highest BCUT2D eigenvalue weighted by Crippen LogP contribution is 2.67. The Morgan fingerprint density at radius 2 is 0.957 bits per heavy atom. The molecule has 0 saturated heterocycles. The molecule has 0 amide bonds. The number of para-hydroxylation sites is 1. The van der Waals surface area contributed by atoms with Gasteiger partial charge in [0.05, 0.1) is 11.0 Å². The van der Waals surface area contributed by atoms with Crippen LogP contribution in [0.3, 0.4) is 0 Å². The fraction of sp³-hybridized carbons (Fsp3) is 0.217. The summed E-state index contributed by atoms with van der Waals surface area (Å²) in [5.74, 6) is 0. The normalized spacial score (nSPS) is 23.2. The van der Waals surface area contributed by atoms with Crippen molar-refractivity contribution in [2.24, 2.45) is 5.41 Å². The maximum atomic E-state index is 2.67. The lowest BCUT2D eigenvalue weighted by molar-refractivity contribution is 0.330. The van der Waals surface area contributed by atoms with Crippen molar-refractivity contribution in [1.82, 2.24) is 0 Å². The Morgan fingerprint density at radius 3 is 1.60 bits per heavy atom. The molecule has 1 fully saturated rings. The van der Waals surface area contributed by atoms with E-state index in [9.17, 15) is 0 Å². The Labute approximate surface area is 278 Å². The molecule has 1 saturated carbocycles. The van der Waals surface area contributed by atoms with Crippen molar-refractivity contribution in [3.63, 3.8) is 0 Å². The highest BCUT2D eigenvalue weighted by molar-refractivity contribution is 5.96. The monoisotopic (exact) mass is 605 g/mol. The molecule has 1 spiro atoms. The third kappa shape index (κ3) is 3.25. The summed E-state index contributed by atoms with van der Waals surface area (Å²) in [5, 5.41) is 0. The number of nitrogens with zero attached hydrogens (tertiary/aromatic N) is 1. The van der Waals surface area contributed by atoms with Crippen LogP contribution in [0.4, 0.5) is 11.4 Å². The van der Waals surface area contributed by atoms with Gasteiger partial charge in [-0.15, -0.1) is 0 Å². The van der Waals surface area contributed by atoms with Gasteiger partial charge < -0.3 is 4.90 Å². The molecule has 47 heavy (non-hydrogen) atoms. The van der Waals surface area contributed by atoms with E-state index in [1.807, 2.05) is 0 Å². The lowest BCUT2D eigenvalue weighted by atomic mass is 9.70. The maximum Gasteiger partial charge on any atom is 0.0725 e. The summed E-state index contributed by atoms with van der Waals surface area (Å²) in [6, 6.07) is 52.9. The van der Waals surface area contributed by atoms with Crippen LogP contribution in [0.1, 0.15) is 68.4 Å². The van der Waals surface area contributed by atoms with Crippen molar-refractivity contribution in [2.45, 2.75) is 56.9 Å². The number of fused-ring (bicyclic) bond motifs is 13. The van der Waals surface area contributed by atoms with Crippen molar-refractivity contribution in [2.75, 3.05) is 4.90 Å². The minimum absolute atomic E-state index is 0.00528. The van der Waals surface area contributed by atoms with Crippen molar-refractivity contribution in [3.8, 4) is 33.4 Å². The smallest absolute Gasteiger partial charge is 0.0725 e. The molecule has 4 aliphatic rings. The molecule has 0 aromatic heterocycles. The van der Waals surface area contributed by atoms with E-state index in [-0.39, 0.29) is 21.8 Å². The fourth-order valence-corrected chi connectivity index (χ4v) is 10.9. The van der Waals surface area contributed by atoms with E-state index in [0.29, 0.717) is 0 Å². The van der Waals surface area contributed by atoms with Crippen LogP contribution in [0, 0.1) is 5.41 Å². The molecule has 2 unspecified atom stereocenters. The van der Waals surface area contributed by atoms with Gasteiger partial charge in [0.1, 0.15) is 0 Å². The number of benzene rings is 6. The van der Waals surface area contributed by atoms with Gasteiger partial charge >= 0.3 is 0 Å². The lowest BCUT2D eigenvalue weighted by Gasteiger charge is -2.42. The molecule has 1 heteroatoms. The molecule has 0 radical (unpaired) electrons. The molecule has 1 nitrogen and oxygen atoms in total. The van der Waals surface area contributed by atoms with E-state index in [0.717, 1.165) is 6.42 Å². The quantitative estimate of drug-likeness (QED) is 0.189. The van der Waals surface area contributed by atoms with Crippen LogP contribution in [0.25, 0.3) is 33.4 Å². The van der Waals surface area contributed by atoms with E-state index in [4.69, 9.17) is 0 Å². The molecule has 6 aromatic rings. The molecule has 228 valence electrons. The van der Waals surface area contributed by atoms with Crippen LogP contribution in [0.2, 0.25) is 0 Å². The Hall–Kier alpha value is -4.88. The van der Waals surface area contributed by atoms with Crippen molar-refractivity contribution in [3.05, 3.63) is 167 Å². The predicted molar refractivity (Wildman–Crippen MR) is 196 cm³/mol. The van der Waals surface area contributed by atoms with E-state index in [1.165, 1.54) is 79.0 Å². The highest BCUT2D eigenvalue weighted by atomic mass is 15.3. The van der Waals surface area contributed by atoms with Crippen LogP contribution in [0.15, 0.2) is 140 Å². The third-order valence-corrected chi connectivity index (χ3v) is 12.5. The second-order valence-corrected chi connectivity index (χ2v) is 15.7. The first-order valence-electron chi connectivity index (χ1n) is 17.2. The van der Waals surface area contributed by atoms with Gasteiger partial charge in [-0.3, -0.25) is 0 Å². The molecule has 10 rings (SSSR count). The predicted octanol–water partition coefficient (Wildman–Crippen LogP) is 11.7. The zero-order valence-corrected chi connectivity index (χ0v) is 27.6. The average molecular weight is 606 g/mol. The lowest BCUT2D eigenvalue weighted by Crippen LogP contribution is -2.49. The van der Waals surface area contributed by atoms with Gasteiger partial charge in [0.25, 0.3) is 0 Å². The van der Waals surface area contributed by atoms with Crippen LogP contribution in [-0.2, 0) is 10.8 Å². The van der Waals surface area contributed by atoms with Gasteiger partial charge in [-0.25, -0.2) is 0 Å². The zero-order valence-electron chi connectivity index (χ0n) is 27.6. The van der Waals surface area contributed by atoms with Gasteiger partial charge in [-0.05, 0) is 117 Å². The van der Waals surface area contributed by atoms with Gasteiger partial charge in [0, 0.05) is 16.8 Å². The molecule has 0 N–H and O–H groups in total. The molecule has 2 atom stereocenters. The first-order chi connectivity index (χ1) is 22.8. The van der Waals surface area contributed by atoms with Crippen molar-refractivity contribution in [1.29, 1.82) is 0 Å². The van der Waals surface area contributed by atoms with Gasteiger partial charge in [-0.1, -0.05) is 130 Å². The molecular formula is C46H39N. The highest BCUT2D eigenvalue weighted by Gasteiger charge is 2.64. The van der Waals surface area contributed by atoms with Gasteiger partial charge in [0.2, 0.25) is 0 Å². The minimum Gasteiger partial charge on any atom is -0.334 e. The SMILES string of the molecule is CC1(C)CC2(C)c3cc(-c4ccc5c(c4)-c4ccccc4C54c5ccccc5-c5ccccc54)ccc3N(c3ccccc3)C2(C)C1. The summed E-state index contributed by atoms with van der Waals surface area (Å²) in [6.45, 7) is 9.96. The zero-order chi connectivity index (χ0) is 31.8. The Bertz CT molecular complexity index is 2230. The summed E-state index contributed by atoms with van der Waals surface area (Å²) in [4.78, 5) is 2.67. The topological polar surface area (TPSA) is 3.24 Å². The average Bonchev–Trinajstić information content (AvgIpc) is 3.68. The van der Waals surface area contributed by atoms with Crippen LogP contribution in [-0.4, -0.2) is 5.54 Å². The van der Waals surface area contributed by atoms with Crippen molar-refractivity contribution >= 4 is 11.4 Å². The molecule has 1 heterocycles. The summed E-state index contributed by atoms with van der Waals surface area (Å²) in [6.07, 6.45) is 2.34. The number of anilines is 2. The largest absolute Gasteiger partial charge is 0.334 e. The number of rotatable bonds is 2. The first kappa shape index (κ1) is 27.3. The standard InChI is InChI=1S/C46H39N/c1-43(2)28-44(3)41-27-31(23-25-42(41)47(45(44,4)29-43)32-14-6-5-7-15-32)30-22-24-40-36(26-30)35-18-10-13-21-39(35)46(40)37-19-11-8-16-33(37)34-17-9-12-20-38(34)46/h5-27H,28-29H2,1-4H3. The first-order valence-corrected chi connectivity index (χ1v) is 17.2. The molecule has 1 aliphatic heterocycles. The summed E-state index contributed by atoms with van der Waals surface area (Å²) >= 11 is 0. The van der Waals surface area contributed by atoms with E-state index >= 15 is 0 Å². The molecule has 6 aromatic carbocycles. The van der Waals surface area contributed by atoms with Gasteiger partial charge in [0.15, 0.2) is 0 Å². The Morgan fingerprint density at radius 1 is 0.447 bits per heavy atom. The second-order valence-electron chi connectivity index (χ2n) is 15.7. The van der Waals surface area contributed by atoms with E-state index in [2.05, 4.69) is 172 Å². The van der Waals surface area contributed by atoms with Crippen LogP contribution >= 0.6 is 0 Å². The number of hydrogen-bond donors (Lipinski definition) is 0. The van der Waals surface area contributed by atoms with E-state index in [1.54, 1.807) is 0 Å². The fourth-order valence-electron chi connectivity index (χ4n) is 10.9. The summed E-state index contributed by atoms with van der Waals surface area (Å²) in [7, 11) is 0. The third-order valence-electron chi connectivity index (χ3n) is 12.5. The molecule has 0 bridgehead atoms. The van der Waals surface area contributed by atoms with E-state index < -0.39 is 0 Å². The maximum absolute atomic E-state index is 2.67. The Balaban J connectivity index is 1.18. The molecule has 3 aliphatic carbocycles. The van der Waals surface area contributed by atoms with Crippen LogP contribution < -0.4 is 4.90 Å². The number of hydrogen-bond acceptors (Lipinski definition) is 1.